The SMILES string of the molecule is CCc1ccc(C)c(OC)c1Cl. The minimum absolute atomic E-state index is 0.750. The van der Waals surface area contributed by atoms with Crippen LogP contribution in [0.2, 0.25) is 5.02 Å². The fourth-order valence-corrected chi connectivity index (χ4v) is 1.64. The smallest absolute Gasteiger partial charge is 0.140 e. The van der Waals surface area contributed by atoms with Gasteiger partial charge in [-0.15, -0.1) is 0 Å². The van der Waals surface area contributed by atoms with E-state index in [9.17, 15) is 0 Å². The van der Waals surface area contributed by atoms with Gasteiger partial charge in [0.1, 0.15) is 5.75 Å². The molecule has 1 aromatic carbocycles. The van der Waals surface area contributed by atoms with Crippen LogP contribution in [0.3, 0.4) is 0 Å². The third-order valence-corrected chi connectivity index (χ3v) is 2.37. The number of hydrogen-bond acceptors (Lipinski definition) is 1. The first-order valence-corrected chi connectivity index (χ1v) is 4.40. The topological polar surface area (TPSA) is 9.23 Å². The molecule has 0 fully saturated rings. The summed E-state index contributed by atoms with van der Waals surface area (Å²) >= 11 is 6.09. The van der Waals surface area contributed by atoms with E-state index in [1.165, 1.54) is 0 Å². The maximum absolute atomic E-state index is 6.09. The summed E-state index contributed by atoms with van der Waals surface area (Å²) < 4.78 is 5.19. The molecule has 1 aromatic rings. The molecule has 0 aliphatic heterocycles. The Morgan fingerprint density at radius 3 is 2.58 bits per heavy atom. The van der Waals surface area contributed by atoms with E-state index in [4.69, 9.17) is 16.3 Å². The predicted octanol–water partition coefficient (Wildman–Crippen LogP) is 3.22. The van der Waals surface area contributed by atoms with E-state index in [0.29, 0.717) is 0 Å². The third kappa shape index (κ3) is 1.56. The first-order chi connectivity index (χ1) is 5.70. The summed E-state index contributed by atoms with van der Waals surface area (Å²) in [5.74, 6) is 0.802. The van der Waals surface area contributed by atoms with Gasteiger partial charge in [0.15, 0.2) is 0 Å². The molecule has 0 saturated heterocycles. The van der Waals surface area contributed by atoms with Gasteiger partial charge in [-0.2, -0.15) is 0 Å². The lowest BCUT2D eigenvalue weighted by atomic mass is 10.1. The van der Waals surface area contributed by atoms with Gasteiger partial charge in [-0.25, -0.2) is 0 Å². The highest BCUT2D eigenvalue weighted by Gasteiger charge is 2.07. The highest BCUT2D eigenvalue weighted by atomic mass is 35.5. The molecule has 0 N–H and O–H groups in total. The summed E-state index contributed by atoms with van der Waals surface area (Å²) in [6.07, 6.45) is 0.940. The molecule has 0 atom stereocenters. The molecule has 0 saturated carbocycles. The molecule has 0 aliphatic carbocycles. The van der Waals surface area contributed by atoms with Gasteiger partial charge in [0.25, 0.3) is 0 Å². The molecule has 1 rings (SSSR count). The van der Waals surface area contributed by atoms with Crippen LogP contribution in [0.5, 0.6) is 5.75 Å². The molecule has 66 valence electrons. The average Bonchev–Trinajstić information content (AvgIpc) is 2.06. The second-order valence-electron chi connectivity index (χ2n) is 2.74. The Kier molecular flexibility index (Phi) is 2.99. The number of methoxy groups -OCH3 is 1. The maximum Gasteiger partial charge on any atom is 0.140 e. The van der Waals surface area contributed by atoms with Crippen molar-refractivity contribution in [3.05, 3.63) is 28.3 Å². The van der Waals surface area contributed by atoms with Crippen molar-refractivity contribution in [3.8, 4) is 5.75 Å². The molecule has 1 nitrogen and oxygen atoms in total. The Bertz CT molecular complexity index is 281. The van der Waals surface area contributed by atoms with Crippen molar-refractivity contribution in [2.45, 2.75) is 20.3 Å². The summed E-state index contributed by atoms with van der Waals surface area (Å²) in [6.45, 7) is 4.07. The molecule has 0 bridgehead atoms. The monoisotopic (exact) mass is 184 g/mol. The van der Waals surface area contributed by atoms with Crippen LogP contribution in [0.4, 0.5) is 0 Å². The minimum atomic E-state index is 0.750. The Labute approximate surface area is 78.3 Å². The van der Waals surface area contributed by atoms with Crippen LogP contribution in [0.25, 0.3) is 0 Å². The molecule has 2 heteroatoms. The van der Waals surface area contributed by atoms with E-state index >= 15 is 0 Å². The van der Waals surface area contributed by atoms with Gasteiger partial charge in [-0.3, -0.25) is 0 Å². The summed E-state index contributed by atoms with van der Waals surface area (Å²) in [6, 6.07) is 4.07. The molecule has 0 amide bonds. The third-order valence-electron chi connectivity index (χ3n) is 1.96. The zero-order chi connectivity index (χ0) is 9.14. The van der Waals surface area contributed by atoms with Crippen LogP contribution >= 0.6 is 11.6 Å². The summed E-state index contributed by atoms with van der Waals surface area (Å²) in [7, 11) is 1.65. The van der Waals surface area contributed by atoms with E-state index in [1.807, 2.05) is 19.1 Å². The van der Waals surface area contributed by atoms with Crippen molar-refractivity contribution in [2.24, 2.45) is 0 Å². The zero-order valence-corrected chi connectivity index (χ0v) is 8.40. The van der Waals surface area contributed by atoms with E-state index in [-0.39, 0.29) is 0 Å². The lowest BCUT2D eigenvalue weighted by Gasteiger charge is -2.09. The fourth-order valence-electron chi connectivity index (χ4n) is 1.22. The Morgan fingerprint density at radius 2 is 2.08 bits per heavy atom. The van der Waals surface area contributed by atoms with Crippen molar-refractivity contribution in [3.63, 3.8) is 0 Å². The molecular formula is C10H13ClO. The molecule has 0 spiro atoms. The van der Waals surface area contributed by atoms with Crippen LogP contribution in [0, 0.1) is 6.92 Å². The van der Waals surface area contributed by atoms with Crippen molar-refractivity contribution >= 4 is 11.6 Å². The quantitative estimate of drug-likeness (QED) is 0.686. The second-order valence-corrected chi connectivity index (χ2v) is 3.12. The van der Waals surface area contributed by atoms with Crippen LogP contribution in [-0.2, 0) is 6.42 Å². The Hall–Kier alpha value is -0.690. The highest BCUT2D eigenvalue weighted by Crippen LogP contribution is 2.31. The van der Waals surface area contributed by atoms with E-state index in [1.54, 1.807) is 7.11 Å². The van der Waals surface area contributed by atoms with Gasteiger partial charge in [0.2, 0.25) is 0 Å². The van der Waals surface area contributed by atoms with Gasteiger partial charge in [0.05, 0.1) is 12.1 Å². The minimum Gasteiger partial charge on any atom is -0.495 e. The van der Waals surface area contributed by atoms with E-state index in [2.05, 4.69) is 6.92 Å². The average molecular weight is 185 g/mol. The highest BCUT2D eigenvalue weighted by molar-refractivity contribution is 6.33. The summed E-state index contributed by atoms with van der Waals surface area (Å²) in [4.78, 5) is 0. The fraction of sp³-hybridized carbons (Fsp3) is 0.400. The summed E-state index contributed by atoms with van der Waals surface area (Å²) in [5, 5.41) is 0.750. The van der Waals surface area contributed by atoms with Gasteiger partial charge in [-0.05, 0) is 24.5 Å². The first kappa shape index (κ1) is 9.40. The van der Waals surface area contributed by atoms with Crippen LogP contribution in [-0.4, -0.2) is 7.11 Å². The number of benzene rings is 1. The van der Waals surface area contributed by atoms with Crippen molar-refractivity contribution in [1.82, 2.24) is 0 Å². The Morgan fingerprint density at radius 1 is 1.42 bits per heavy atom. The van der Waals surface area contributed by atoms with Gasteiger partial charge >= 0.3 is 0 Å². The number of aryl methyl sites for hydroxylation is 2. The standard InChI is InChI=1S/C10H13ClO/c1-4-8-6-5-7(2)10(12-3)9(8)11/h5-6H,4H2,1-3H3. The van der Waals surface area contributed by atoms with Gasteiger partial charge < -0.3 is 4.74 Å². The number of hydrogen-bond donors (Lipinski definition) is 0. The predicted molar refractivity (Wildman–Crippen MR) is 52.1 cm³/mol. The van der Waals surface area contributed by atoms with Gasteiger partial charge in [0, 0.05) is 0 Å². The lowest BCUT2D eigenvalue weighted by molar-refractivity contribution is 0.411. The number of halogens is 1. The molecular weight excluding hydrogens is 172 g/mol. The van der Waals surface area contributed by atoms with E-state index < -0.39 is 0 Å². The van der Waals surface area contributed by atoms with Crippen LogP contribution < -0.4 is 4.74 Å². The number of ether oxygens (including phenoxy) is 1. The zero-order valence-electron chi connectivity index (χ0n) is 7.65. The van der Waals surface area contributed by atoms with Crippen molar-refractivity contribution < 1.29 is 4.74 Å². The van der Waals surface area contributed by atoms with E-state index in [0.717, 1.165) is 28.3 Å². The lowest BCUT2D eigenvalue weighted by Crippen LogP contribution is -1.91. The molecule has 12 heavy (non-hydrogen) atoms. The molecule has 0 unspecified atom stereocenters. The molecule has 0 radical (unpaired) electrons. The maximum atomic E-state index is 6.09. The summed E-state index contributed by atoms with van der Waals surface area (Å²) in [5.41, 5.74) is 2.22. The molecule has 0 heterocycles. The first-order valence-electron chi connectivity index (χ1n) is 4.02. The van der Waals surface area contributed by atoms with Crippen molar-refractivity contribution in [1.29, 1.82) is 0 Å². The largest absolute Gasteiger partial charge is 0.495 e. The molecule has 0 aliphatic rings. The normalized spacial score (nSPS) is 10.0. The van der Waals surface area contributed by atoms with Crippen LogP contribution in [0.1, 0.15) is 18.1 Å². The van der Waals surface area contributed by atoms with Crippen LogP contribution in [0.15, 0.2) is 12.1 Å². The van der Waals surface area contributed by atoms with Crippen molar-refractivity contribution in [2.75, 3.05) is 7.11 Å². The second kappa shape index (κ2) is 3.81. The Balaban J connectivity index is 3.24. The number of rotatable bonds is 2. The molecule has 0 aromatic heterocycles. The van der Waals surface area contributed by atoms with Gasteiger partial charge in [-0.1, -0.05) is 30.7 Å².